The summed E-state index contributed by atoms with van der Waals surface area (Å²) in [6, 6.07) is 14.9. The van der Waals surface area contributed by atoms with Gasteiger partial charge in [0, 0.05) is 59.7 Å². The van der Waals surface area contributed by atoms with Crippen LogP contribution in [0.5, 0.6) is 0 Å². The van der Waals surface area contributed by atoms with Gasteiger partial charge in [-0.2, -0.15) is 0 Å². The fourth-order valence-electron chi connectivity index (χ4n) is 9.28. The Morgan fingerprint density at radius 2 is 1.67 bits per heavy atom. The van der Waals surface area contributed by atoms with E-state index in [2.05, 4.69) is 50.4 Å². The smallest absolute Gasteiger partial charge is 0.264 e. The van der Waals surface area contributed by atoms with E-state index in [0.29, 0.717) is 23.9 Å². The van der Waals surface area contributed by atoms with Gasteiger partial charge in [0.15, 0.2) is 0 Å². The minimum absolute atomic E-state index is 0.164. The van der Waals surface area contributed by atoms with Gasteiger partial charge in [-0.05, 0) is 82.2 Å². The van der Waals surface area contributed by atoms with Gasteiger partial charge in [0.25, 0.3) is 5.91 Å². The second kappa shape index (κ2) is 10.4. The molecule has 1 aromatic heterocycles. The van der Waals surface area contributed by atoms with Crippen LogP contribution in [0.4, 0.5) is 0 Å². The molecule has 3 aliphatic heterocycles. The molecule has 45 heavy (non-hydrogen) atoms. The first kappa shape index (κ1) is 29.2. The fraction of sp³-hybridized carbons (Fsp3) is 0.556. The van der Waals surface area contributed by atoms with E-state index in [1.165, 1.54) is 41.6 Å². The van der Waals surface area contributed by atoms with Crippen molar-refractivity contribution >= 4 is 32.7 Å². The van der Waals surface area contributed by atoms with Crippen molar-refractivity contribution in [3.8, 4) is 11.3 Å². The molecular formula is C36H44N4O4S. The van der Waals surface area contributed by atoms with Gasteiger partial charge in [-0.1, -0.05) is 49.6 Å². The van der Waals surface area contributed by atoms with Crippen molar-refractivity contribution < 1.29 is 18.0 Å². The molecule has 2 aliphatic carbocycles. The summed E-state index contributed by atoms with van der Waals surface area (Å²) in [6.07, 6.45) is 8.87. The quantitative estimate of drug-likeness (QED) is 0.396. The van der Waals surface area contributed by atoms with Gasteiger partial charge in [-0.25, -0.2) is 13.1 Å². The number of fused-ring (bicyclic) bond motifs is 9. The summed E-state index contributed by atoms with van der Waals surface area (Å²) in [7, 11) is -1.61. The Kier molecular flexibility index (Phi) is 6.77. The molecule has 0 radical (unpaired) electrons. The molecule has 8 nitrogen and oxygen atoms in total. The largest absolute Gasteiger partial charge is 0.339 e. The summed E-state index contributed by atoms with van der Waals surface area (Å²) in [6.45, 7) is 5.57. The summed E-state index contributed by atoms with van der Waals surface area (Å²) in [5, 5.41) is 0.406. The van der Waals surface area contributed by atoms with E-state index in [4.69, 9.17) is 0 Å². The number of carbonyl (C=O) groups is 2. The van der Waals surface area contributed by atoms with Crippen LogP contribution in [0.2, 0.25) is 0 Å². The van der Waals surface area contributed by atoms with Gasteiger partial charge in [0.2, 0.25) is 15.9 Å². The van der Waals surface area contributed by atoms with Crippen LogP contribution < -0.4 is 4.72 Å². The van der Waals surface area contributed by atoms with E-state index in [1.807, 2.05) is 12.1 Å². The number of amides is 2. The van der Waals surface area contributed by atoms with Crippen LogP contribution in [0, 0.1) is 5.41 Å². The van der Waals surface area contributed by atoms with Crippen LogP contribution in [-0.4, -0.2) is 72.1 Å². The van der Waals surface area contributed by atoms with Crippen molar-refractivity contribution in [1.29, 1.82) is 0 Å². The number of sulfonamides is 1. The number of likely N-dealkylation sites (tertiary alicyclic amines) is 1. The predicted molar refractivity (Wildman–Crippen MR) is 176 cm³/mol. The topological polar surface area (TPSA) is 91.7 Å². The number of rotatable bonds is 5. The maximum absolute atomic E-state index is 14.9. The van der Waals surface area contributed by atoms with Crippen molar-refractivity contribution in [2.45, 2.75) is 101 Å². The lowest BCUT2D eigenvalue weighted by atomic mass is 9.81. The van der Waals surface area contributed by atoms with Crippen LogP contribution in [-0.2, 0) is 21.4 Å². The molecule has 2 aromatic carbocycles. The molecule has 238 valence electrons. The van der Waals surface area contributed by atoms with Gasteiger partial charge in [-0.15, -0.1) is 0 Å². The summed E-state index contributed by atoms with van der Waals surface area (Å²) >= 11 is 0. The Morgan fingerprint density at radius 3 is 2.38 bits per heavy atom. The Labute approximate surface area is 266 Å². The maximum atomic E-state index is 14.9. The van der Waals surface area contributed by atoms with Crippen LogP contribution >= 0.6 is 0 Å². The third-order valence-corrected chi connectivity index (χ3v) is 13.4. The molecule has 3 aromatic rings. The molecule has 4 unspecified atom stereocenters. The lowest BCUT2D eigenvalue weighted by Gasteiger charge is -2.41. The Bertz CT molecular complexity index is 1810. The number of likely N-dealkylation sites (N-methyl/N-ethyl adjacent to an activating group) is 1. The monoisotopic (exact) mass is 628 g/mol. The summed E-state index contributed by atoms with van der Waals surface area (Å²) < 4.78 is 29.9. The van der Waals surface area contributed by atoms with E-state index in [9.17, 15) is 18.0 Å². The van der Waals surface area contributed by atoms with Crippen LogP contribution in [0.25, 0.3) is 22.2 Å². The summed E-state index contributed by atoms with van der Waals surface area (Å²) in [5.41, 5.74) is 5.74. The first-order valence-corrected chi connectivity index (χ1v) is 18.5. The third-order valence-electron chi connectivity index (χ3n) is 11.7. The Hall–Kier alpha value is -3.17. The van der Waals surface area contributed by atoms with Gasteiger partial charge < -0.3 is 14.4 Å². The van der Waals surface area contributed by atoms with Crippen LogP contribution in [0.1, 0.15) is 98.5 Å². The molecule has 2 saturated heterocycles. The molecule has 5 aliphatic rings. The van der Waals surface area contributed by atoms with Gasteiger partial charge in [0.1, 0.15) is 0 Å². The molecule has 2 amide bonds. The number of piperazine rings is 1. The SMILES string of the molecule is CC(C)S(=O)(=O)NC(=O)c1ccc2c(C3CCCCC3)c3n(c2c1)CC1(C(=O)N2C4CCC2CN(C)C4)CC1c1ccccc1-3. The molecule has 4 fully saturated rings. The van der Waals surface area contributed by atoms with Gasteiger partial charge >= 0.3 is 0 Å². The molecule has 8 rings (SSSR count). The number of carbonyl (C=O) groups excluding carboxylic acids is 2. The summed E-state index contributed by atoms with van der Waals surface area (Å²) in [5.74, 6) is 0.255. The first-order valence-electron chi connectivity index (χ1n) is 16.9. The summed E-state index contributed by atoms with van der Waals surface area (Å²) in [4.78, 5) is 32.8. The number of benzene rings is 2. The minimum atomic E-state index is -3.78. The molecule has 9 heteroatoms. The zero-order chi connectivity index (χ0) is 31.2. The molecule has 2 saturated carbocycles. The number of hydrogen-bond acceptors (Lipinski definition) is 5. The first-order chi connectivity index (χ1) is 21.6. The molecule has 1 N–H and O–H groups in total. The molecule has 0 spiro atoms. The lowest BCUT2D eigenvalue weighted by molar-refractivity contribution is -0.143. The third kappa shape index (κ3) is 4.51. The molecular weight excluding hydrogens is 584 g/mol. The molecule has 4 atom stereocenters. The minimum Gasteiger partial charge on any atom is -0.339 e. The standard InChI is InChI=1S/C36H44N4O4S/c1-22(2)45(43,44)37-34(41)24-13-16-29-31(17-24)39-21-36(35(42)40-25-14-15-26(40)20-38(3)19-25)18-30(36)27-11-7-8-12-28(27)33(39)32(29)23-9-5-4-6-10-23/h7-8,11-13,16-17,22-23,25-26,30H,4-6,9-10,14-15,18-21H2,1-3H3,(H,37,41). The second-order valence-corrected chi connectivity index (χ2v) is 17.0. The highest BCUT2D eigenvalue weighted by atomic mass is 32.2. The van der Waals surface area contributed by atoms with Crippen LogP contribution in [0.15, 0.2) is 42.5 Å². The van der Waals surface area contributed by atoms with Crippen molar-refractivity contribution in [3.63, 3.8) is 0 Å². The fourth-order valence-corrected chi connectivity index (χ4v) is 9.89. The molecule has 2 bridgehead atoms. The van der Waals surface area contributed by atoms with E-state index in [1.54, 1.807) is 19.9 Å². The molecule has 4 heterocycles. The Morgan fingerprint density at radius 1 is 0.956 bits per heavy atom. The van der Waals surface area contributed by atoms with Crippen molar-refractivity contribution in [2.24, 2.45) is 5.41 Å². The van der Waals surface area contributed by atoms with Gasteiger partial charge in [-0.3, -0.25) is 9.59 Å². The van der Waals surface area contributed by atoms with Gasteiger partial charge in [0.05, 0.1) is 16.4 Å². The van der Waals surface area contributed by atoms with E-state index in [-0.39, 0.29) is 18.0 Å². The van der Waals surface area contributed by atoms with Crippen molar-refractivity contribution in [3.05, 3.63) is 59.2 Å². The van der Waals surface area contributed by atoms with Crippen LogP contribution in [0.3, 0.4) is 0 Å². The zero-order valence-corrected chi connectivity index (χ0v) is 27.4. The average Bonchev–Trinajstić information content (AvgIpc) is 3.61. The Balaban J connectivity index is 1.30. The predicted octanol–water partition coefficient (Wildman–Crippen LogP) is 5.62. The number of hydrogen-bond donors (Lipinski definition) is 1. The van der Waals surface area contributed by atoms with E-state index < -0.39 is 26.6 Å². The highest BCUT2D eigenvalue weighted by Crippen LogP contribution is 2.66. The zero-order valence-electron chi connectivity index (χ0n) is 26.6. The number of nitrogens with one attached hydrogen (secondary N) is 1. The highest BCUT2D eigenvalue weighted by molar-refractivity contribution is 7.90. The van der Waals surface area contributed by atoms with Crippen molar-refractivity contribution in [2.75, 3.05) is 20.1 Å². The second-order valence-electron chi connectivity index (χ2n) is 14.8. The highest BCUT2D eigenvalue weighted by Gasteiger charge is 2.65. The average molecular weight is 629 g/mol. The van der Waals surface area contributed by atoms with E-state index in [0.717, 1.165) is 56.1 Å². The van der Waals surface area contributed by atoms with E-state index >= 15 is 0 Å². The number of aromatic nitrogens is 1. The normalized spacial score (nSPS) is 28.0. The number of nitrogens with zero attached hydrogens (tertiary/aromatic N) is 3. The van der Waals surface area contributed by atoms with Crippen molar-refractivity contribution in [1.82, 2.24) is 19.1 Å². The lowest BCUT2D eigenvalue weighted by Crippen LogP contribution is -2.57. The maximum Gasteiger partial charge on any atom is 0.264 e.